The lowest BCUT2D eigenvalue weighted by Crippen LogP contribution is -2.50. The first-order chi connectivity index (χ1) is 10.4. The average molecular weight is 312 g/mol. The van der Waals surface area contributed by atoms with E-state index in [9.17, 15) is 10.2 Å². The Morgan fingerprint density at radius 2 is 2.27 bits per heavy atom. The molecule has 2 aromatic rings. The number of nitrogens with two attached hydrogens (primary N) is 1. The van der Waals surface area contributed by atoms with E-state index >= 15 is 4.39 Å². The van der Waals surface area contributed by atoms with E-state index in [1.807, 2.05) is 0 Å². The highest BCUT2D eigenvalue weighted by atomic mass is 19.1. The van der Waals surface area contributed by atoms with Gasteiger partial charge in [-0.2, -0.15) is 5.10 Å². The molecule has 22 heavy (non-hydrogen) atoms. The highest BCUT2D eigenvalue weighted by Crippen LogP contribution is 2.50. The summed E-state index contributed by atoms with van der Waals surface area (Å²) in [4.78, 5) is 3.86. The van der Waals surface area contributed by atoms with E-state index in [0.717, 1.165) is 6.92 Å². The number of alkyl halides is 1. The quantitative estimate of drug-likeness (QED) is 0.705. The molecule has 0 aromatic carbocycles. The van der Waals surface area contributed by atoms with Gasteiger partial charge in [-0.1, -0.05) is 0 Å². The molecule has 0 aliphatic carbocycles. The van der Waals surface area contributed by atoms with Gasteiger partial charge < -0.3 is 25.4 Å². The predicted octanol–water partition coefficient (Wildman–Crippen LogP) is -0.409. The van der Waals surface area contributed by atoms with Crippen molar-refractivity contribution in [2.75, 3.05) is 19.5 Å². The van der Waals surface area contributed by atoms with Crippen LogP contribution in [-0.4, -0.2) is 56.4 Å². The van der Waals surface area contributed by atoms with Crippen LogP contribution in [0.15, 0.2) is 18.5 Å². The zero-order valence-electron chi connectivity index (χ0n) is 12.1. The molecule has 4 N–H and O–H groups in total. The molecule has 1 saturated heterocycles. The SMILES string of the molecule is CO[C@@]1(c2ccc3c(N)ncnn23)O[C@H](CO)[C@@H](O)[C@@]1(C)F. The van der Waals surface area contributed by atoms with E-state index in [-0.39, 0.29) is 11.5 Å². The smallest absolute Gasteiger partial charge is 0.250 e. The van der Waals surface area contributed by atoms with Gasteiger partial charge in [-0.05, 0) is 19.1 Å². The number of anilines is 1. The van der Waals surface area contributed by atoms with Crippen molar-refractivity contribution >= 4 is 11.3 Å². The summed E-state index contributed by atoms with van der Waals surface area (Å²) in [5, 5.41) is 23.4. The number of aliphatic hydroxyl groups is 2. The van der Waals surface area contributed by atoms with Gasteiger partial charge in [0.05, 0.1) is 6.61 Å². The van der Waals surface area contributed by atoms with Crippen LogP contribution in [0.4, 0.5) is 10.2 Å². The minimum Gasteiger partial charge on any atom is -0.394 e. The van der Waals surface area contributed by atoms with Gasteiger partial charge in [0, 0.05) is 7.11 Å². The Labute approximate surface area is 125 Å². The van der Waals surface area contributed by atoms with Crippen molar-refractivity contribution in [1.82, 2.24) is 14.6 Å². The number of methoxy groups -OCH3 is 1. The van der Waals surface area contributed by atoms with Crippen LogP contribution in [-0.2, 0) is 15.3 Å². The first-order valence-electron chi connectivity index (χ1n) is 6.68. The summed E-state index contributed by atoms with van der Waals surface area (Å²) in [6.45, 7) is 0.604. The van der Waals surface area contributed by atoms with Gasteiger partial charge >= 0.3 is 0 Å². The zero-order valence-corrected chi connectivity index (χ0v) is 12.1. The number of nitrogen functional groups attached to an aromatic ring is 1. The molecular formula is C13H17FN4O4. The van der Waals surface area contributed by atoms with Crippen LogP contribution in [0.25, 0.3) is 5.52 Å². The Morgan fingerprint density at radius 1 is 1.55 bits per heavy atom. The second-order valence-electron chi connectivity index (χ2n) is 5.34. The summed E-state index contributed by atoms with van der Waals surface area (Å²) in [5.74, 6) is -1.72. The number of hydrogen-bond donors (Lipinski definition) is 3. The lowest BCUT2D eigenvalue weighted by Gasteiger charge is -2.35. The van der Waals surface area contributed by atoms with Crippen LogP contribution in [0.5, 0.6) is 0 Å². The second kappa shape index (κ2) is 4.85. The molecule has 1 aliphatic rings. The number of halogens is 1. The number of fused-ring (bicyclic) bond motifs is 1. The lowest BCUT2D eigenvalue weighted by molar-refractivity contribution is -0.272. The maximum absolute atomic E-state index is 15.3. The number of nitrogens with zero attached hydrogens (tertiary/aromatic N) is 3. The fourth-order valence-corrected chi connectivity index (χ4v) is 2.94. The number of hydrogen-bond acceptors (Lipinski definition) is 7. The second-order valence-corrected chi connectivity index (χ2v) is 5.34. The van der Waals surface area contributed by atoms with Crippen molar-refractivity contribution in [3.8, 4) is 0 Å². The summed E-state index contributed by atoms with van der Waals surface area (Å²) in [7, 11) is 1.26. The van der Waals surface area contributed by atoms with Gasteiger partial charge in [0.1, 0.15) is 29.7 Å². The molecule has 0 amide bonds. The fraction of sp³-hybridized carbons (Fsp3) is 0.538. The van der Waals surface area contributed by atoms with Gasteiger partial charge in [-0.25, -0.2) is 13.9 Å². The Balaban J connectivity index is 2.24. The first kappa shape index (κ1) is 15.1. The van der Waals surface area contributed by atoms with E-state index in [1.54, 1.807) is 6.07 Å². The molecule has 3 rings (SSSR count). The molecule has 3 heterocycles. The first-order valence-corrected chi connectivity index (χ1v) is 6.68. The van der Waals surface area contributed by atoms with Crippen LogP contribution in [0.2, 0.25) is 0 Å². The number of ether oxygens (including phenoxy) is 2. The van der Waals surface area contributed by atoms with Crippen molar-refractivity contribution in [3.05, 3.63) is 24.2 Å². The maximum atomic E-state index is 15.3. The van der Waals surface area contributed by atoms with Gasteiger partial charge in [-0.15, -0.1) is 0 Å². The largest absolute Gasteiger partial charge is 0.394 e. The average Bonchev–Trinajstić information content (AvgIpc) is 3.01. The summed E-state index contributed by atoms with van der Waals surface area (Å²) >= 11 is 0. The zero-order chi connectivity index (χ0) is 16.1. The van der Waals surface area contributed by atoms with E-state index in [4.69, 9.17) is 15.2 Å². The molecule has 2 aromatic heterocycles. The molecule has 0 saturated carbocycles. The van der Waals surface area contributed by atoms with E-state index < -0.39 is 30.3 Å². The van der Waals surface area contributed by atoms with Crippen molar-refractivity contribution in [1.29, 1.82) is 0 Å². The summed E-state index contributed by atoms with van der Waals surface area (Å²) < 4.78 is 27.5. The highest BCUT2D eigenvalue weighted by molar-refractivity contribution is 5.65. The third kappa shape index (κ3) is 1.70. The maximum Gasteiger partial charge on any atom is 0.250 e. The lowest BCUT2D eigenvalue weighted by atomic mass is 9.89. The van der Waals surface area contributed by atoms with Gasteiger partial charge in [-0.3, -0.25) is 0 Å². The predicted molar refractivity (Wildman–Crippen MR) is 73.6 cm³/mol. The number of rotatable bonds is 3. The highest BCUT2D eigenvalue weighted by Gasteiger charge is 2.67. The van der Waals surface area contributed by atoms with Crippen molar-refractivity contribution < 1.29 is 24.1 Å². The van der Waals surface area contributed by atoms with Crippen LogP contribution in [0.1, 0.15) is 12.6 Å². The molecule has 0 bridgehead atoms. The minimum absolute atomic E-state index is 0.208. The normalized spacial score (nSPS) is 35.3. The van der Waals surface area contributed by atoms with Crippen molar-refractivity contribution in [2.45, 2.75) is 30.6 Å². The van der Waals surface area contributed by atoms with Crippen LogP contribution >= 0.6 is 0 Å². The molecule has 1 aliphatic heterocycles. The molecule has 9 heteroatoms. The van der Waals surface area contributed by atoms with Gasteiger partial charge in [0.15, 0.2) is 11.5 Å². The Morgan fingerprint density at radius 3 is 2.86 bits per heavy atom. The number of aliphatic hydroxyl groups excluding tert-OH is 2. The monoisotopic (exact) mass is 312 g/mol. The molecule has 0 spiro atoms. The molecule has 0 unspecified atom stereocenters. The Hall–Kier alpha value is -1.81. The minimum atomic E-state index is -2.32. The van der Waals surface area contributed by atoms with Gasteiger partial charge in [0.25, 0.3) is 0 Å². The van der Waals surface area contributed by atoms with E-state index in [0.29, 0.717) is 5.52 Å². The Kier molecular flexibility index (Phi) is 3.33. The standard InChI is InChI=1S/C13H17FN4O4/c1-12(14)10(20)8(5-19)22-13(12,21-2)9-4-3-7-11(15)16-6-17-18(7)9/h3-4,6,8,10,19-20H,5H2,1-2H3,(H2,15,16,17)/t8-,10-,12-,13+/m1/s1. The van der Waals surface area contributed by atoms with Crippen molar-refractivity contribution in [2.24, 2.45) is 0 Å². The fourth-order valence-electron chi connectivity index (χ4n) is 2.94. The third-order valence-corrected chi connectivity index (χ3v) is 4.15. The number of aromatic nitrogens is 3. The van der Waals surface area contributed by atoms with Crippen LogP contribution in [0.3, 0.4) is 0 Å². The van der Waals surface area contributed by atoms with Crippen LogP contribution < -0.4 is 5.73 Å². The molecule has 0 radical (unpaired) electrons. The topological polar surface area (TPSA) is 115 Å². The van der Waals surface area contributed by atoms with Gasteiger partial charge in [0.2, 0.25) is 5.79 Å². The third-order valence-electron chi connectivity index (χ3n) is 4.15. The van der Waals surface area contributed by atoms with E-state index in [1.165, 1.54) is 24.0 Å². The molecule has 8 nitrogen and oxygen atoms in total. The molecular weight excluding hydrogens is 295 g/mol. The summed E-state index contributed by atoms with van der Waals surface area (Å²) in [6.07, 6.45) is -1.47. The molecule has 1 fully saturated rings. The molecule has 4 atom stereocenters. The molecule has 120 valence electrons. The Bertz CT molecular complexity index is 706. The summed E-state index contributed by atoms with van der Waals surface area (Å²) in [6, 6.07) is 3.14. The summed E-state index contributed by atoms with van der Waals surface area (Å²) in [5.41, 5.74) is 4.11. The van der Waals surface area contributed by atoms with Crippen molar-refractivity contribution in [3.63, 3.8) is 0 Å². The van der Waals surface area contributed by atoms with Crippen LogP contribution in [0, 0.1) is 0 Å². The van der Waals surface area contributed by atoms with E-state index in [2.05, 4.69) is 10.1 Å².